The maximum Gasteiger partial charge on any atom is 0.224 e. The standard InChI is InChI=1S/C15H21ClN2O2/c1-3-14(19)17-12-8-7-11(2)13(10-12)18-15(20)6-4-5-9-16/h7-8,10H,3-6,9H2,1-2H3,(H,17,19)(H,18,20). The van der Waals surface area contributed by atoms with E-state index >= 15 is 0 Å². The van der Waals surface area contributed by atoms with E-state index in [1.54, 1.807) is 13.0 Å². The van der Waals surface area contributed by atoms with E-state index in [1.807, 2.05) is 19.1 Å². The Morgan fingerprint density at radius 3 is 2.55 bits per heavy atom. The fourth-order valence-electron chi connectivity index (χ4n) is 1.68. The number of amides is 2. The largest absolute Gasteiger partial charge is 0.326 e. The molecule has 0 unspecified atom stereocenters. The van der Waals surface area contributed by atoms with Gasteiger partial charge in [0.2, 0.25) is 11.8 Å². The zero-order chi connectivity index (χ0) is 15.0. The molecule has 0 aliphatic heterocycles. The number of halogens is 1. The molecule has 0 atom stereocenters. The average molecular weight is 297 g/mol. The predicted octanol–water partition coefficient (Wildman–Crippen LogP) is 3.69. The zero-order valence-electron chi connectivity index (χ0n) is 12.0. The third kappa shape index (κ3) is 5.61. The van der Waals surface area contributed by atoms with E-state index in [-0.39, 0.29) is 11.8 Å². The maximum absolute atomic E-state index is 11.8. The van der Waals surface area contributed by atoms with Gasteiger partial charge >= 0.3 is 0 Å². The number of alkyl halides is 1. The van der Waals surface area contributed by atoms with E-state index < -0.39 is 0 Å². The van der Waals surface area contributed by atoms with Crippen LogP contribution in [0.3, 0.4) is 0 Å². The first-order valence-electron chi connectivity index (χ1n) is 6.83. The second-order valence-electron chi connectivity index (χ2n) is 4.63. The molecule has 0 saturated carbocycles. The Morgan fingerprint density at radius 2 is 1.90 bits per heavy atom. The van der Waals surface area contributed by atoms with Gasteiger partial charge in [-0.15, -0.1) is 11.6 Å². The Morgan fingerprint density at radius 1 is 1.15 bits per heavy atom. The van der Waals surface area contributed by atoms with E-state index in [0.29, 0.717) is 24.4 Å². The summed E-state index contributed by atoms with van der Waals surface area (Å²) in [5.41, 5.74) is 2.39. The highest BCUT2D eigenvalue weighted by Crippen LogP contribution is 2.21. The summed E-state index contributed by atoms with van der Waals surface area (Å²) in [5, 5.41) is 5.64. The maximum atomic E-state index is 11.8. The van der Waals surface area contributed by atoms with Crippen LogP contribution in [0.2, 0.25) is 0 Å². The van der Waals surface area contributed by atoms with Crippen LogP contribution < -0.4 is 10.6 Å². The number of hydrogen-bond donors (Lipinski definition) is 2. The molecule has 0 aliphatic carbocycles. The number of anilines is 2. The summed E-state index contributed by atoms with van der Waals surface area (Å²) in [5.74, 6) is 0.496. The summed E-state index contributed by atoms with van der Waals surface area (Å²) < 4.78 is 0. The molecule has 0 fully saturated rings. The summed E-state index contributed by atoms with van der Waals surface area (Å²) >= 11 is 5.58. The lowest BCUT2D eigenvalue weighted by Gasteiger charge is -2.11. The smallest absolute Gasteiger partial charge is 0.224 e. The van der Waals surface area contributed by atoms with Crippen LogP contribution in [0.1, 0.15) is 38.2 Å². The summed E-state index contributed by atoms with van der Waals surface area (Å²) in [4.78, 5) is 23.2. The van der Waals surface area contributed by atoms with Gasteiger partial charge < -0.3 is 10.6 Å². The van der Waals surface area contributed by atoms with Gasteiger partial charge in [-0.3, -0.25) is 9.59 Å². The lowest BCUT2D eigenvalue weighted by molar-refractivity contribution is -0.116. The molecule has 0 spiro atoms. The van der Waals surface area contributed by atoms with Crippen molar-refractivity contribution >= 4 is 34.8 Å². The fraction of sp³-hybridized carbons (Fsp3) is 0.467. The van der Waals surface area contributed by atoms with Crippen molar-refractivity contribution < 1.29 is 9.59 Å². The molecular weight excluding hydrogens is 276 g/mol. The van der Waals surface area contributed by atoms with Crippen molar-refractivity contribution in [1.82, 2.24) is 0 Å². The van der Waals surface area contributed by atoms with Crippen molar-refractivity contribution in [3.63, 3.8) is 0 Å². The molecule has 5 heteroatoms. The molecule has 2 N–H and O–H groups in total. The first-order chi connectivity index (χ1) is 9.56. The van der Waals surface area contributed by atoms with Crippen molar-refractivity contribution in [2.24, 2.45) is 0 Å². The van der Waals surface area contributed by atoms with Crippen LogP contribution in [0.15, 0.2) is 18.2 Å². The highest BCUT2D eigenvalue weighted by atomic mass is 35.5. The lowest BCUT2D eigenvalue weighted by Crippen LogP contribution is -2.13. The number of rotatable bonds is 7. The Bertz CT molecular complexity index is 475. The normalized spacial score (nSPS) is 10.2. The van der Waals surface area contributed by atoms with Gasteiger partial charge in [-0.25, -0.2) is 0 Å². The van der Waals surface area contributed by atoms with Gasteiger partial charge in [0, 0.05) is 30.1 Å². The first kappa shape index (κ1) is 16.5. The van der Waals surface area contributed by atoms with E-state index in [0.717, 1.165) is 24.1 Å². The van der Waals surface area contributed by atoms with Gasteiger partial charge in [-0.05, 0) is 37.5 Å². The molecule has 0 saturated heterocycles. The van der Waals surface area contributed by atoms with E-state index in [1.165, 1.54) is 0 Å². The summed E-state index contributed by atoms with van der Waals surface area (Å²) in [6.45, 7) is 3.71. The molecular formula is C15H21ClN2O2. The predicted molar refractivity (Wildman–Crippen MR) is 83.3 cm³/mol. The number of unbranched alkanes of at least 4 members (excludes halogenated alkanes) is 1. The van der Waals surface area contributed by atoms with Gasteiger partial charge in [0.05, 0.1) is 0 Å². The molecule has 20 heavy (non-hydrogen) atoms. The SMILES string of the molecule is CCC(=O)Nc1ccc(C)c(NC(=O)CCCCCl)c1. The van der Waals surface area contributed by atoms with E-state index in [2.05, 4.69) is 10.6 Å². The van der Waals surface area contributed by atoms with Gasteiger partial charge in [-0.1, -0.05) is 13.0 Å². The third-order valence-electron chi connectivity index (χ3n) is 2.90. The number of carbonyl (C=O) groups is 2. The van der Waals surface area contributed by atoms with Crippen LogP contribution in [0.5, 0.6) is 0 Å². The molecule has 0 heterocycles. The fourth-order valence-corrected chi connectivity index (χ4v) is 1.87. The van der Waals surface area contributed by atoms with Crippen molar-refractivity contribution in [3.8, 4) is 0 Å². The van der Waals surface area contributed by atoms with Crippen LogP contribution in [0.25, 0.3) is 0 Å². The number of aryl methyl sites for hydroxylation is 1. The monoisotopic (exact) mass is 296 g/mol. The highest BCUT2D eigenvalue weighted by molar-refractivity contribution is 6.17. The molecule has 1 rings (SSSR count). The second-order valence-corrected chi connectivity index (χ2v) is 5.00. The van der Waals surface area contributed by atoms with E-state index in [9.17, 15) is 9.59 Å². The highest BCUT2D eigenvalue weighted by Gasteiger charge is 2.07. The Hall–Kier alpha value is -1.55. The number of nitrogens with one attached hydrogen (secondary N) is 2. The van der Waals surface area contributed by atoms with Crippen molar-refractivity contribution in [2.75, 3.05) is 16.5 Å². The van der Waals surface area contributed by atoms with Crippen molar-refractivity contribution in [3.05, 3.63) is 23.8 Å². The number of carbonyl (C=O) groups excluding carboxylic acids is 2. The minimum Gasteiger partial charge on any atom is -0.326 e. The summed E-state index contributed by atoms with van der Waals surface area (Å²) in [7, 11) is 0. The number of hydrogen-bond acceptors (Lipinski definition) is 2. The van der Waals surface area contributed by atoms with Gasteiger partial charge in [0.15, 0.2) is 0 Å². The first-order valence-corrected chi connectivity index (χ1v) is 7.36. The van der Waals surface area contributed by atoms with Gasteiger partial charge in [0.25, 0.3) is 0 Å². The average Bonchev–Trinajstić information content (AvgIpc) is 2.42. The molecule has 4 nitrogen and oxygen atoms in total. The van der Waals surface area contributed by atoms with E-state index in [4.69, 9.17) is 11.6 Å². The molecule has 110 valence electrons. The van der Waals surface area contributed by atoms with Crippen LogP contribution in [0.4, 0.5) is 11.4 Å². The molecule has 0 aromatic heterocycles. The topological polar surface area (TPSA) is 58.2 Å². The summed E-state index contributed by atoms with van der Waals surface area (Å²) in [6.07, 6.45) is 2.49. The third-order valence-corrected chi connectivity index (χ3v) is 3.17. The Labute approximate surface area is 124 Å². The second kappa shape index (κ2) is 8.59. The molecule has 2 amide bonds. The minimum absolute atomic E-state index is 0.0304. The van der Waals surface area contributed by atoms with Crippen LogP contribution >= 0.6 is 11.6 Å². The molecule has 0 aliphatic rings. The van der Waals surface area contributed by atoms with Crippen LogP contribution in [0, 0.1) is 6.92 Å². The number of benzene rings is 1. The molecule has 1 aromatic rings. The van der Waals surface area contributed by atoms with Crippen molar-refractivity contribution in [2.45, 2.75) is 39.5 Å². The molecule has 0 radical (unpaired) electrons. The lowest BCUT2D eigenvalue weighted by atomic mass is 10.1. The quantitative estimate of drug-likeness (QED) is 0.595. The zero-order valence-corrected chi connectivity index (χ0v) is 12.7. The Kier molecular flexibility index (Phi) is 7.09. The molecule has 1 aromatic carbocycles. The van der Waals surface area contributed by atoms with Gasteiger partial charge in [-0.2, -0.15) is 0 Å². The summed E-state index contributed by atoms with van der Waals surface area (Å²) in [6, 6.07) is 5.48. The van der Waals surface area contributed by atoms with Crippen LogP contribution in [-0.4, -0.2) is 17.7 Å². The molecule has 0 bridgehead atoms. The van der Waals surface area contributed by atoms with Crippen molar-refractivity contribution in [1.29, 1.82) is 0 Å². The Balaban J connectivity index is 2.66. The van der Waals surface area contributed by atoms with Gasteiger partial charge in [0.1, 0.15) is 0 Å². The van der Waals surface area contributed by atoms with Crippen LogP contribution in [-0.2, 0) is 9.59 Å². The minimum atomic E-state index is -0.0479.